The number of carbonyl (C=O) groups excluding carboxylic acids is 2. The average Bonchev–Trinajstić information content (AvgIpc) is 2.62. The zero-order chi connectivity index (χ0) is 18.2. The number of ketones is 1. The Labute approximate surface area is 150 Å². The molecule has 0 radical (unpaired) electrons. The summed E-state index contributed by atoms with van der Waals surface area (Å²) in [5.74, 6) is 1.00. The van der Waals surface area contributed by atoms with Crippen molar-refractivity contribution in [1.82, 2.24) is 0 Å². The summed E-state index contributed by atoms with van der Waals surface area (Å²) in [6.07, 6.45) is 8.00. The molecule has 0 N–H and O–H groups in total. The van der Waals surface area contributed by atoms with Gasteiger partial charge in [-0.3, -0.25) is 9.59 Å². The van der Waals surface area contributed by atoms with E-state index in [0.29, 0.717) is 25.9 Å². The Hall–Kier alpha value is -1.84. The molecular formula is C21H28O4. The molecule has 2 saturated carbocycles. The molecule has 4 atom stereocenters. The van der Waals surface area contributed by atoms with Crippen LogP contribution in [0.25, 0.3) is 0 Å². The van der Waals surface area contributed by atoms with Crippen molar-refractivity contribution >= 4 is 11.8 Å². The monoisotopic (exact) mass is 344 g/mol. The zero-order valence-electron chi connectivity index (χ0n) is 15.3. The van der Waals surface area contributed by atoms with Crippen molar-refractivity contribution in [3.8, 4) is 0 Å². The quantitative estimate of drug-likeness (QED) is 0.540. The molecule has 0 aromatic carbocycles. The molecule has 4 aliphatic carbocycles. The molecule has 136 valence electrons. The van der Waals surface area contributed by atoms with Crippen LogP contribution in [0.4, 0.5) is 0 Å². The molecule has 0 heterocycles. The Balaban J connectivity index is 2.20. The smallest absolute Gasteiger partial charge is 0.309 e. The summed E-state index contributed by atoms with van der Waals surface area (Å²) in [6.45, 7) is 10.0. The maximum absolute atomic E-state index is 12.9. The van der Waals surface area contributed by atoms with E-state index >= 15 is 0 Å². The second-order valence-corrected chi connectivity index (χ2v) is 7.79. The SMILES string of the molecule is C=CCOC1=C2C(C)(CC=C)C(=O)CCC23CCC1CC3C(=O)OC. The van der Waals surface area contributed by atoms with Gasteiger partial charge >= 0.3 is 5.97 Å². The average molecular weight is 344 g/mol. The summed E-state index contributed by atoms with van der Waals surface area (Å²) in [5, 5.41) is 0. The van der Waals surface area contributed by atoms with Crippen LogP contribution in [0.2, 0.25) is 0 Å². The number of Topliss-reactive ketones (excluding diaryl/α,β-unsaturated/α-hetero) is 1. The molecule has 4 heteroatoms. The third-order valence-corrected chi connectivity index (χ3v) is 6.60. The van der Waals surface area contributed by atoms with Gasteiger partial charge in [0.1, 0.15) is 18.1 Å². The first-order chi connectivity index (χ1) is 11.9. The summed E-state index contributed by atoms with van der Waals surface area (Å²) in [5.41, 5.74) is 0.0993. The topological polar surface area (TPSA) is 52.6 Å². The van der Waals surface area contributed by atoms with E-state index in [1.54, 1.807) is 6.08 Å². The first-order valence-corrected chi connectivity index (χ1v) is 9.15. The molecule has 4 rings (SSSR count). The minimum atomic E-state index is -0.637. The van der Waals surface area contributed by atoms with Crippen molar-refractivity contribution in [2.45, 2.75) is 45.4 Å². The van der Waals surface area contributed by atoms with Gasteiger partial charge in [-0.25, -0.2) is 0 Å². The molecule has 4 unspecified atom stereocenters. The number of fused-ring (bicyclic) bond motifs is 2. The predicted octanol–water partition coefficient (Wildman–Crippen LogP) is 3.98. The molecule has 25 heavy (non-hydrogen) atoms. The van der Waals surface area contributed by atoms with Gasteiger partial charge in [0, 0.05) is 17.8 Å². The van der Waals surface area contributed by atoms with Gasteiger partial charge in [-0.05, 0) is 44.6 Å². The highest BCUT2D eigenvalue weighted by molar-refractivity contribution is 5.91. The molecule has 0 amide bonds. The van der Waals surface area contributed by atoms with Gasteiger partial charge in [0.05, 0.1) is 18.4 Å². The maximum Gasteiger partial charge on any atom is 0.309 e. The van der Waals surface area contributed by atoms with Crippen LogP contribution in [0.3, 0.4) is 0 Å². The van der Waals surface area contributed by atoms with Crippen molar-refractivity contribution in [2.24, 2.45) is 22.7 Å². The number of allylic oxidation sites excluding steroid dienone is 3. The molecule has 4 nitrogen and oxygen atoms in total. The molecule has 1 spiro atoms. The Morgan fingerprint density at radius 1 is 1.32 bits per heavy atom. The third kappa shape index (κ3) is 2.49. The van der Waals surface area contributed by atoms with E-state index in [1.165, 1.54) is 7.11 Å². The normalized spacial score (nSPS) is 36.6. The molecule has 2 bridgehead atoms. The lowest BCUT2D eigenvalue weighted by Crippen LogP contribution is -2.56. The zero-order valence-corrected chi connectivity index (χ0v) is 15.3. The minimum Gasteiger partial charge on any atom is -0.494 e. The summed E-state index contributed by atoms with van der Waals surface area (Å²) in [4.78, 5) is 25.5. The summed E-state index contributed by atoms with van der Waals surface area (Å²) in [6, 6.07) is 0. The lowest BCUT2D eigenvalue weighted by Gasteiger charge is -2.59. The van der Waals surface area contributed by atoms with Crippen molar-refractivity contribution < 1.29 is 19.1 Å². The van der Waals surface area contributed by atoms with Crippen LogP contribution in [0, 0.1) is 22.7 Å². The van der Waals surface area contributed by atoms with Crippen LogP contribution in [0.1, 0.15) is 45.4 Å². The van der Waals surface area contributed by atoms with Gasteiger partial charge in [0.25, 0.3) is 0 Å². The lowest BCUT2D eigenvalue weighted by molar-refractivity contribution is -0.158. The van der Waals surface area contributed by atoms with Crippen LogP contribution < -0.4 is 0 Å². The Bertz CT molecular complexity index is 646. The summed E-state index contributed by atoms with van der Waals surface area (Å²) in [7, 11) is 1.46. The van der Waals surface area contributed by atoms with E-state index in [2.05, 4.69) is 13.2 Å². The number of rotatable bonds is 6. The van der Waals surface area contributed by atoms with E-state index in [0.717, 1.165) is 30.6 Å². The summed E-state index contributed by atoms with van der Waals surface area (Å²) < 4.78 is 11.2. The van der Waals surface area contributed by atoms with Crippen molar-refractivity contribution in [2.75, 3.05) is 13.7 Å². The lowest BCUT2D eigenvalue weighted by atomic mass is 9.44. The molecule has 2 fully saturated rings. The van der Waals surface area contributed by atoms with Gasteiger partial charge in [-0.1, -0.05) is 18.7 Å². The second-order valence-electron chi connectivity index (χ2n) is 7.79. The molecule has 4 aliphatic rings. The van der Waals surface area contributed by atoms with Crippen LogP contribution >= 0.6 is 0 Å². The van der Waals surface area contributed by atoms with Gasteiger partial charge in [0.15, 0.2) is 0 Å². The second kappa shape index (κ2) is 6.47. The van der Waals surface area contributed by atoms with Gasteiger partial charge in [-0.2, -0.15) is 0 Å². The molecular weight excluding hydrogens is 316 g/mol. The highest BCUT2D eigenvalue weighted by Gasteiger charge is 2.63. The van der Waals surface area contributed by atoms with Crippen molar-refractivity contribution in [3.63, 3.8) is 0 Å². The predicted molar refractivity (Wildman–Crippen MR) is 95.6 cm³/mol. The Kier molecular flexibility index (Phi) is 4.65. The largest absolute Gasteiger partial charge is 0.494 e. The van der Waals surface area contributed by atoms with Gasteiger partial charge in [-0.15, -0.1) is 6.58 Å². The van der Waals surface area contributed by atoms with Gasteiger partial charge in [0.2, 0.25) is 0 Å². The highest BCUT2D eigenvalue weighted by Crippen LogP contribution is 2.66. The summed E-state index contributed by atoms with van der Waals surface area (Å²) >= 11 is 0. The number of hydrogen-bond donors (Lipinski definition) is 0. The van der Waals surface area contributed by atoms with E-state index in [9.17, 15) is 9.59 Å². The highest BCUT2D eigenvalue weighted by atomic mass is 16.5. The first kappa shape index (κ1) is 18.0. The van der Waals surface area contributed by atoms with E-state index in [-0.39, 0.29) is 29.0 Å². The van der Waals surface area contributed by atoms with E-state index in [1.807, 2.05) is 13.0 Å². The fourth-order valence-electron chi connectivity index (χ4n) is 5.53. The molecule has 0 aromatic rings. The number of hydrogen-bond acceptors (Lipinski definition) is 4. The molecule has 0 aromatic heterocycles. The number of ether oxygens (including phenoxy) is 2. The molecule has 0 aliphatic heterocycles. The van der Waals surface area contributed by atoms with E-state index in [4.69, 9.17) is 9.47 Å². The van der Waals surface area contributed by atoms with E-state index < -0.39 is 5.41 Å². The number of esters is 1. The van der Waals surface area contributed by atoms with Crippen molar-refractivity contribution in [3.05, 3.63) is 36.6 Å². The standard InChI is InChI=1S/C21H28O4/c1-5-9-20(3)16(22)8-11-21-10-7-14(13-15(21)19(23)24-4)17(18(20)21)25-12-6-2/h5-6,14-15H,1-2,7-13H2,3-4H3. The fraction of sp³-hybridized carbons (Fsp3) is 0.619. The van der Waals surface area contributed by atoms with Gasteiger partial charge < -0.3 is 9.47 Å². The van der Waals surface area contributed by atoms with Crippen molar-refractivity contribution in [1.29, 1.82) is 0 Å². The van der Waals surface area contributed by atoms with Crippen LogP contribution in [-0.4, -0.2) is 25.5 Å². The number of methoxy groups -OCH3 is 1. The molecule has 0 saturated heterocycles. The fourth-order valence-corrected chi connectivity index (χ4v) is 5.53. The third-order valence-electron chi connectivity index (χ3n) is 6.60. The van der Waals surface area contributed by atoms with Crippen LogP contribution in [0.5, 0.6) is 0 Å². The minimum absolute atomic E-state index is 0.153. The first-order valence-electron chi connectivity index (χ1n) is 9.15. The Morgan fingerprint density at radius 3 is 2.72 bits per heavy atom. The number of carbonyl (C=O) groups is 2. The maximum atomic E-state index is 12.9. The van der Waals surface area contributed by atoms with Crippen LogP contribution in [-0.2, 0) is 19.1 Å². The Morgan fingerprint density at radius 2 is 2.08 bits per heavy atom. The van der Waals surface area contributed by atoms with Crippen LogP contribution in [0.15, 0.2) is 36.6 Å².